The molecular weight excluding hydrogens is 356 g/mol. The lowest BCUT2D eigenvalue weighted by Crippen LogP contribution is -2.14. The Balaban J connectivity index is 2.27. The molecule has 2 rings (SSSR count). The Bertz CT molecular complexity index is 714. The Labute approximate surface area is 136 Å². The third-order valence-electron chi connectivity index (χ3n) is 2.80. The number of carbonyl (C=O) groups excluding carboxylic acids is 1. The van der Waals surface area contributed by atoms with Gasteiger partial charge in [0.2, 0.25) is 5.91 Å². The molecular formula is C15H9F6NOS. The number of anilines is 1. The van der Waals surface area contributed by atoms with E-state index >= 15 is 0 Å². The van der Waals surface area contributed by atoms with Crippen molar-refractivity contribution in [3.63, 3.8) is 0 Å². The Hall–Kier alpha value is -2.29. The van der Waals surface area contributed by atoms with Gasteiger partial charge in [-0.2, -0.15) is 26.3 Å². The van der Waals surface area contributed by atoms with E-state index in [4.69, 9.17) is 0 Å². The first kappa shape index (κ1) is 18.1. The molecule has 0 fully saturated rings. The molecule has 0 aliphatic rings. The molecule has 0 aliphatic heterocycles. The number of amides is 1. The maximum atomic E-state index is 12.7. The van der Waals surface area contributed by atoms with Crippen LogP contribution in [0.1, 0.15) is 16.0 Å². The van der Waals surface area contributed by atoms with Crippen LogP contribution in [0.3, 0.4) is 0 Å². The first-order valence-electron chi connectivity index (χ1n) is 6.38. The quantitative estimate of drug-likeness (QED) is 0.570. The van der Waals surface area contributed by atoms with Crippen molar-refractivity contribution >= 4 is 29.0 Å². The average Bonchev–Trinajstić information content (AvgIpc) is 2.96. The predicted molar refractivity (Wildman–Crippen MR) is 78.4 cm³/mol. The molecule has 1 N–H and O–H groups in total. The molecule has 0 bridgehead atoms. The highest BCUT2D eigenvalue weighted by Crippen LogP contribution is 2.37. The lowest BCUT2D eigenvalue weighted by atomic mass is 10.1. The summed E-state index contributed by atoms with van der Waals surface area (Å²) in [5.41, 5.74) is -3.57. The van der Waals surface area contributed by atoms with Crippen molar-refractivity contribution in [3.8, 4) is 0 Å². The smallest absolute Gasteiger partial charge is 0.322 e. The molecule has 1 heterocycles. The van der Waals surface area contributed by atoms with Crippen molar-refractivity contribution in [1.82, 2.24) is 0 Å². The van der Waals surface area contributed by atoms with Gasteiger partial charge in [0, 0.05) is 16.6 Å². The van der Waals surface area contributed by atoms with Gasteiger partial charge in [-0.15, -0.1) is 11.3 Å². The topological polar surface area (TPSA) is 29.1 Å². The molecule has 24 heavy (non-hydrogen) atoms. The molecule has 0 atom stereocenters. The molecule has 0 saturated carbocycles. The second-order valence-corrected chi connectivity index (χ2v) is 5.61. The van der Waals surface area contributed by atoms with Gasteiger partial charge in [-0.3, -0.25) is 4.79 Å². The highest BCUT2D eigenvalue weighted by Gasteiger charge is 2.37. The summed E-state index contributed by atoms with van der Waals surface area (Å²) in [4.78, 5) is 12.4. The van der Waals surface area contributed by atoms with Crippen molar-refractivity contribution < 1.29 is 31.1 Å². The van der Waals surface area contributed by atoms with Crippen LogP contribution in [0.15, 0.2) is 41.8 Å². The van der Waals surface area contributed by atoms with Crippen LogP contribution in [0.5, 0.6) is 0 Å². The Morgan fingerprint density at radius 2 is 1.58 bits per heavy atom. The zero-order chi connectivity index (χ0) is 18.0. The summed E-state index contributed by atoms with van der Waals surface area (Å²) in [5.74, 6) is -0.837. The molecule has 2 nitrogen and oxygen atoms in total. The molecule has 1 amide bonds. The van der Waals surface area contributed by atoms with E-state index < -0.39 is 35.1 Å². The number of rotatable bonds is 3. The van der Waals surface area contributed by atoms with E-state index in [0.29, 0.717) is 17.0 Å². The standard InChI is InChI=1S/C15H9F6NOS/c16-14(17,18)9-6-10(15(19,20)21)8-11(7-9)22-13(23)4-3-12-2-1-5-24-12/h1-8H,(H,22,23). The number of hydrogen-bond donors (Lipinski definition) is 1. The summed E-state index contributed by atoms with van der Waals surface area (Å²) in [7, 11) is 0. The fraction of sp³-hybridized carbons (Fsp3) is 0.133. The normalized spacial score (nSPS) is 12.6. The number of carbonyl (C=O) groups is 1. The second-order valence-electron chi connectivity index (χ2n) is 4.63. The van der Waals surface area contributed by atoms with Crippen LogP contribution >= 0.6 is 11.3 Å². The van der Waals surface area contributed by atoms with Gasteiger partial charge in [0.15, 0.2) is 0 Å². The van der Waals surface area contributed by atoms with E-state index in [-0.39, 0.29) is 6.07 Å². The lowest BCUT2D eigenvalue weighted by molar-refractivity contribution is -0.143. The van der Waals surface area contributed by atoms with Crippen molar-refractivity contribution in [2.45, 2.75) is 12.4 Å². The number of alkyl halides is 6. The summed E-state index contributed by atoms with van der Waals surface area (Å²) in [5, 5.41) is 3.76. The Kier molecular flexibility index (Phi) is 5.02. The fourth-order valence-electron chi connectivity index (χ4n) is 1.75. The van der Waals surface area contributed by atoms with E-state index in [9.17, 15) is 31.1 Å². The minimum absolute atomic E-state index is 0.00283. The van der Waals surface area contributed by atoms with Crippen LogP contribution in [-0.4, -0.2) is 5.91 Å². The number of halogens is 6. The molecule has 0 saturated heterocycles. The number of nitrogens with one attached hydrogen (secondary N) is 1. The lowest BCUT2D eigenvalue weighted by Gasteiger charge is -2.14. The van der Waals surface area contributed by atoms with Crippen LogP contribution in [0, 0.1) is 0 Å². The van der Waals surface area contributed by atoms with Gasteiger partial charge in [-0.25, -0.2) is 0 Å². The predicted octanol–water partition coefficient (Wildman–Crippen LogP) is 5.44. The third-order valence-corrected chi connectivity index (χ3v) is 3.63. The zero-order valence-electron chi connectivity index (χ0n) is 11.7. The highest BCUT2D eigenvalue weighted by molar-refractivity contribution is 7.10. The Morgan fingerprint density at radius 1 is 1.00 bits per heavy atom. The maximum Gasteiger partial charge on any atom is 0.416 e. The molecule has 0 spiro atoms. The minimum atomic E-state index is -4.96. The number of benzene rings is 1. The van der Waals surface area contributed by atoms with Crippen LogP contribution < -0.4 is 5.32 Å². The number of thiophene rings is 1. The summed E-state index contributed by atoms with van der Waals surface area (Å²) < 4.78 is 76.3. The van der Waals surface area contributed by atoms with Gasteiger partial charge in [0.25, 0.3) is 0 Å². The van der Waals surface area contributed by atoms with Crippen LogP contribution in [0.25, 0.3) is 6.08 Å². The molecule has 1 aromatic heterocycles. The molecule has 0 unspecified atom stereocenters. The van der Waals surface area contributed by atoms with E-state index in [1.807, 2.05) is 5.32 Å². The van der Waals surface area contributed by atoms with Crippen LogP contribution in [-0.2, 0) is 17.1 Å². The number of hydrogen-bond acceptors (Lipinski definition) is 2. The Morgan fingerprint density at radius 3 is 2.04 bits per heavy atom. The van der Waals surface area contributed by atoms with Crippen LogP contribution in [0.4, 0.5) is 32.0 Å². The zero-order valence-corrected chi connectivity index (χ0v) is 12.5. The average molecular weight is 365 g/mol. The highest BCUT2D eigenvalue weighted by atomic mass is 32.1. The van der Waals surface area contributed by atoms with Crippen molar-refractivity contribution in [3.05, 3.63) is 57.8 Å². The molecule has 0 radical (unpaired) electrons. The van der Waals surface area contributed by atoms with Crippen LogP contribution in [0.2, 0.25) is 0 Å². The van der Waals surface area contributed by atoms with Crippen molar-refractivity contribution in [1.29, 1.82) is 0 Å². The summed E-state index contributed by atoms with van der Waals surface area (Å²) in [6.45, 7) is 0. The fourth-order valence-corrected chi connectivity index (χ4v) is 2.37. The summed E-state index contributed by atoms with van der Waals surface area (Å²) in [6.07, 6.45) is -7.50. The second kappa shape index (κ2) is 6.68. The molecule has 1 aromatic carbocycles. The molecule has 2 aromatic rings. The van der Waals surface area contributed by atoms with Gasteiger partial charge in [0.05, 0.1) is 11.1 Å². The SMILES string of the molecule is O=C(C=Cc1cccs1)Nc1cc(C(F)(F)F)cc(C(F)(F)F)c1. The van der Waals surface area contributed by atoms with Gasteiger partial charge >= 0.3 is 12.4 Å². The molecule has 128 valence electrons. The minimum Gasteiger partial charge on any atom is -0.322 e. The first-order valence-corrected chi connectivity index (χ1v) is 7.26. The van der Waals surface area contributed by atoms with E-state index in [1.165, 1.54) is 17.4 Å². The molecule has 9 heteroatoms. The van der Waals surface area contributed by atoms with Gasteiger partial charge in [0.1, 0.15) is 0 Å². The van der Waals surface area contributed by atoms with E-state index in [2.05, 4.69) is 0 Å². The van der Waals surface area contributed by atoms with Gasteiger partial charge < -0.3 is 5.32 Å². The van der Waals surface area contributed by atoms with E-state index in [1.54, 1.807) is 17.5 Å². The monoisotopic (exact) mass is 365 g/mol. The van der Waals surface area contributed by atoms with Gasteiger partial charge in [-0.05, 0) is 35.7 Å². The largest absolute Gasteiger partial charge is 0.416 e. The maximum absolute atomic E-state index is 12.7. The van der Waals surface area contributed by atoms with Gasteiger partial charge in [-0.1, -0.05) is 6.07 Å². The van der Waals surface area contributed by atoms with E-state index in [0.717, 1.165) is 6.08 Å². The first-order chi connectivity index (χ1) is 11.1. The van der Waals surface area contributed by atoms with Crippen molar-refractivity contribution in [2.24, 2.45) is 0 Å². The summed E-state index contributed by atoms with van der Waals surface area (Å²) >= 11 is 1.32. The third kappa shape index (κ3) is 4.85. The molecule has 0 aliphatic carbocycles. The van der Waals surface area contributed by atoms with Crippen molar-refractivity contribution in [2.75, 3.05) is 5.32 Å². The summed E-state index contributed by atoms with van der Waals surface area (Å²) in [6, 6.07) is 4.32.